The zero-order valence-corrected chi connectivity index (χ0v) is 13.7. The zero-order valence-electron chi connectivity index (χ0n) is 13.7. The van der Waals surface area contributed by atoms with Crippen LogP contribution in [0.25, 0.3) is 0 Å². The second-order valence-corrected chi connectivity index (χ2v) is 6.66. The van der Waals surface area contributed by atoms with Gasteiger partial charge in [-0.2, -0.15) is 0 Å². The van der Waals surface area contributed by atoms with E-state index in [0.29, 0.717) is 0 Å². The van der Waals surface area contributed by atoms with Crippen molar-refractivity contribution in [3.63, 3.8) is 0 Å². The Labute approximate surface area is 128 Å². The van der Waals surface area contributed by atoms with E-state index in [4.69, 9.17) is 4.98 Å². The third-order valence-corrected chi connectivity index (χ3v) is 4.97. The van der Waals surface area contributed by atoms with Crippen LogP contribution in [0.2, 0.25) is 0 Å². The molecular weight excluding hydrogens is 260 g/mol. The van der Waals surface area contributed by atoms with E-state index in [-0.39, 0.29) is 0 Å². The summed E-state index contributed by atoms with van der Waals surface area (Å²) in [4.78, 5) is 14.2. The monoisotopic (exact) mass is 288 g/mol. The molecule has 0 bridgehead atoms. The fraction of sp³-hybridized carbons (Fsp3) is 0.765. The van der Waals surface area contributed by atoms with E-state index in [2.05, 4.69) is 28.6 Å². The minimum absolute atomic E-state index is 0.727. The van der Waals surface area contributed by atoms with Crippen LogP contribution in [0.3, 0.4) is 0 Å². The van der Waals surface area contributed by atoms with Gasteiger partial charge in [-0.1, -0.05) is 19.8 Å². The molecule has 1 aromatic rings. The topological polar surface area (TPSA) is 32.3 Å². The minimum Gasteiger partial charge on any atom is -0.353 e. The Balaban J connectivity index is 1.66. The summed E-state index contributed by atoms with van der Waals surface area (Å²) in [7, 11) is 0. The molecule has 2 fully saturated rings. The van der Waals surface area contributed by atoms with E-state index in [0.717, 1.165) is 43.8 Å². The van der Waals surface area contributed by atoms with Gasteiger partial charge in [-0.25, -0.2) is 9.97 Å². The summed E-state index contributed by atoms with van der Waals surface area (Å²) in [5.41, 5.74) is 1.31. The Kier molecular flexibility index (Phi) is 4.43. The van der Waals surface area contributed by atoms with Gasteiger partial charge in [0, 0.05) is 36.9 Å². The van der Waals surface area contributed by atoms with Gasteiger partial charge in [-0.05, 0) is 39.7 Å². The number of aromatic nitrogens is 2. The van der Waals surface area contributed by atoms with Crippen LogP contribution in [0.1, 0.15) is 50.9 Å². The highest BCUT2D eigenvalue weighted by molar-refractivity contribution is 5.49. The van der Waals surface area contributed by atoms with Crippen LogP contribution in [0.15, 0.2) is 6.20 Å². The van der Waals surface area contributed by atoms with Gasteiger partial charge in [0.2, 0.25) is 0 Å². The van der Waals surface area contributed by atoms with Crippen LogP contribution < -0.4 is 4.90 Å². The van der Waals surface area contributed by atoms with Gasteiger partial charge in [0.15, 0.2) is 0 Å². The number of likely N-dealkylation sites (tertiary alicyclic amines) is 1. The van der Waals surface area contributed by atoms with Crippen molar-refractivity contribution in [1.82, 2.24) is 14.9 Å². The molecule has 2 aliphatic rings. The molecule has 0 saturated carbocycles. The number of nitrogens with zero attached hydrogens (tertiary/aromatic N) is 4. The molecule has 0 N–H and O–H groups in total. The van der Waals surface area contributed by atoms with Gasteiger partial charge < -0.3 is 4.90 Å². The summed E-state index contributed by atoms with van der Waals surface area (Å²) < 4.78 is 0. The van der Waals surface area contributed by atoms with E-state index in [1.807, 2.05) is 13.1 Å². The lowest BCUT2D eigenvalue weighted by molar-refractivity contribution is 0.0872. The lowest BCUT2D eigenvalue weighted by atomic mass is 9.97. The van der Waals surface area contributed by atoms with Gasteiger partial charge in [0.1, 0.15) is 11.6 Å². The Morgan fingerprint density at radius 2 is 2.10 bits per heavy atom. The second kappa shape index (κ2) is 6.30. The molecule has 4 nitrogen and oxygen atoms in total. The number of aryl methyl sites for hydroxylation is 2. The first-order valence-electron chi connectivity index (χ1n) is 8.52. The quantitative estimate of drug-likeness (QED) is 0.853. The molecule has 0 amide bonds. The summed E-state index contributed by atoms with van der Waals surface area (Å²) in [5.74, 6) is 2.07. The van der Waals surface area contributed by atoms with Crippen LogP contribution in [-0.2, 0) is 6.42 Å². The Morgan fingerprint density at radius 1 is 1.29 bits per heavy atom. The van der Waals surface area contributed by atoms with E-state index in [1.165, 1.54) is 37.2 Å². The highest BCUT2D eigenvalue weighted by Crippen LogP contribution is 2.29. The first-order chi connectivity index (χ1) is 10.2. The Hall–Kier alpha value is -1.16. The molecule has 2 saturated heterocycles. The van der Waals surface area contributed by atoms with E-state index in [9.17, 15) is 0 Å². The van der Waals surface area contributed by atoms with Crippen LogP contribution >= 0.6 is 0 Å². The number of rotatable bonds is 4. The lowest BCUT2D eigenvalue weighted by Crippen LogP contribution is -2.62. The van der Waals surface area contributed by atoms with Crippen molar-refractivity contribution in [2.45, 2.75) is 65.0 Å². The summed E-state index contributed by atoms with van der Waals surface area (Å²) in [6.45, 7) is 10.2. The SMILES string of the molecule is CCCc1cnc(C)nc1N1CC(N2CCCC[C@H]2C)C1. The molecule has 4 heteroatoms. The van der Waals surface area contributed by atoms with Crippen molar-refractivity contribution in [3.05, 3.63) is 17.6 Å². The first-order valence-corrected chi connectivity index (χ1v) is 8.52. The number of piperidine rings is 1. The third-order valence-electron chi connectivity index (χ3n) is 4.97. The number of hydrogen-bond donors (Lipinski definition) is 0. The summed E-state index contributed by atoms with van der Waals surface area (Å²) >= 11 is 0. The maximum Gasteiger partial charge on any atom is 0.135 e. The van der Waals surface area contributed by atoms with Gasteiger partial charge >= 0.3 is 0 Å². The molecular formula is C17H28N4. The summed E-state index contributed by atoms with van der Waals surface area (Å²) in [6, 6.07) is 1.48. The molecule has 3 heterocycles. The molecule has 0 aromatic carbocycles. The molecule has 0 radical (unpaired) electrons. The normalized spacial score (nSPS) is 24.1. The average Bonchev–Trinajstić information content (AvgIpc) is 2.42. The smallest absolute Gasteiger partial charge is 0.135 e. The van der Waals surface area contributed by atoms with Crippen LogP contribution in [0.5, 0.6) is 0 Å². The van der Waals surface area contributed by atoms with Gasteiger partial charge in [-0.3, -0.25) is 4.90 Å². The van der Waals surface area contributed by atoms with Gasteiger partial charge in [0.05, 0.1) is 0 Å². The fourth-order valence-corrected chi connectivity index (χ4v) is 3.70. The van der Waals surface area contributed by atoms with Crippen molar-refractivity contribution in [1.29, 1.82) is 0 Å². The van der Waals surface area contributed by atoms with Gasteiger partial charge in [-0.15, -0.1) is 0 Å². The standard InChI is InChI=1S/C17H28N4/c1-4-7-15-10-18-14(3)19-17(15)20-11-16(12-20)21-9-6-5-8-13(21)2/h10,13,16H,4-9,11-12H2,1-3H3/t13-/m1/s1. The highest BCUT2D eigenvalue weighted by atomic mass is 15.3. The largest absolute Gasteiger partial charge is 0.353 e. The first kappa shape index (κ1) is 14.8. The highest BCUT2D eigenvalue weighted by Gasteiger charge is 2.36. The maximum atomic E-state index is 4.71. The molecule has 1 atom stereocenters. The molecule has 2 aliphatic heterocycles. The third kappa shape index (κ3) is 3.05. The van der Waals surface area contributed by atoms with Crippen molar-refractivity contribution < 1.29 is 0 Å². The zero-order chi connectivity index (χ0) is 14.8. The second-order valence-electron chi connectivity index (χ2n) is 6.66. The molecule has 0 spiro atoms. The van der Waals surface area contributed by atoms with E-state index in [1.54, 1.807) is 0 Å². The Bertz CT molecular complexity index is 482. The lowest BCUT2D eigenvalue weighted by Gasteiger charge is -2.50. The predicted octanol–water partition coefficient (Wildman–Crippen LogP) is 2.80. The van der Waals surface area contributed by atoms with Crippen molar-refractivity contribution in [2.75, 3.05) is 24.5 Å². The molecule has 116 valence electrons. The molecule has 0 unspecified atom stereocenters. The van der Waals surface area contributed by atoms with Crippen molar-refractivity contribution in [2.24, 2.45) is 0 Å². The fourth-order valence-electron chi connectivity index (χ4n) is 3.70. The van der Waals surface area contributed by atoms with Crippen LogP contribution in [0, 0.1) is 6.92 Å². The van der Waals surface area contributed by atoms with Crippen LogP contribution in [0.4, 0.5) is 5.82 Å². The van der Waals surface area contributed by atoms with E-state index < -0.39 is 0 Å². The van der Waals surface area contributed by atoms with Crippen molar-refractivity contribution in [3.8, 4) is 0 Å². The summed E-state index contributed by atoms with van der Waals surface area (Å²) in [6.07, 6.45) is 8.40. The van der Waals surface area contributed by atoms with Crippen molar-refractivity contribution >= 4 is 5.82 Å². The van der Waals surface area contributed by atoms with Crippen LogP contribution in [-0.4, -0.2) is 46.6 Å². The predicted molar refractivity (Wildman–Crippen MR) is 86.8 cm³/mol. The molecule has 1 aromatic heterocycles. The number of hydrogen-bond acceptors (Lipinski definition) is 4. The van der Waals surface area contributed by atoms with E-state index >= 15 is 0 Å². The molecule has 21 heavy (non-hydrogen) atoms. The summed E-state index contributed by atoms with van der Waals surface area (Å²) in [5, 5.41) is 0. The van der Waals surface area contributed by atoms with Gasteiger partial charge in [0.25, 0.3) is 0 Å². The molecule has 3 rings (SSSR count). The minimum atomic E-state index is 0.727. The molecule has 0 aliphatic carbocycles. The average molecular weight is 288 g/mol. The maximum absolute atomic E-state index is 4.71. The Morgan fingerprint density at radius 3 is 2.81 bits per heavy atom. The number of anilines is 1.